The summed E-state index contributed by atoms with van der Waals surface area (Å²) in [5, 5.41) is 9.08. The first-order valence-corrected chi connectivity index (χ1v) is 10.6. The summed E-state index contributed by atoms with van der Waals surface area (Å²) in [4.78, 5) is 32.3. The van der Waals surface area contributed by atoms with Crippen molar-refractivity contribution in [3.63, 3.8) is 0 Å². The van der Waals surface area contributed by atoms with Gasteiger partial charge in [0.15, 0.2) is 0 Å². The molecule has 0 saturated carbocycles. The van der Waals surface area contributed by atoms with Crippen LogP contribution in [0.2, 0.25) is 0 Å². The number of aliphatic hydroxyl groups is 1. The number of piperidine rings is 2. The molecule has 4 rings (SSSR count). The highest BCUT2D eigenvalue weighted by molar-refractivity contribution is 6.09. The summed E-state index contributed by atoms with van der Waals surface area (Å²) in [6, 6.07) is 5.84. The maximum absolute atomic E-state index is 13.2. The maximum atomic E-state index is 13.2. The van der Waals surface area contributed by atoms with Crippen molar-refractivity contribution < 1.29 is 14.7 Å². The van der Waals surface area contributed by atoms with Crippen LogP contribution < -0.4 is 4.90 Å². The Kier molecular flexibility index (Phi) is 5.43. The number of anilines is 1. The van der Waals surface area contributed by atoms with Crippen LogP contribution in [0, 0.1) is 0 Å². The minimum absolute atomic E-state index is 0.0973. The van der Waals surface area contributed by atoms with Crippen LogP contribution in [0.5, 0.6) is 0 Å². The van der Waals surface area contributed by atoms with Crippen LogP contribution in [0.25, 0.3) is 0 Å². The van der Waals surface area contributed by atoms with E-state index in [4.69, 9.17) is 5.11 Å². The standard InChI is InChI=1S/C22H31N3O3/c1-23-19-7-6-17(20(27)25-11-3-2-4-12-25)16-18(19)22(21(23)28)8-13-24(14-9-22)10-5-15-26/h6-7,16,26H,2-5,8-15H2,1H3. The number of carbonyl (C=O) groups excluding carboxylic acids is 2. The van der Waals surface area contributed by atoms with Gasteiger partial charge < -0.3 is 19.8 Å². The molecule has 0 aromatic heterocycles. The van der Waals surface area contributed by atoms with E-state index >= 15 is 0 Å². The van der Waals surface area contributed by atoms with Gasteiger partial charge in [-0.2, -0.15) is 0 Å². The highest BCUT2D eigenvalue weighted by Gasteiger charge is 2.51. The van der Waals surface area contributed by atoms with Crippen molar-refractivity contribution in [3.8, 4) is 0 Å². The molecule has 6 nitrogen and oxygen atoms in total. The number of carbonyl (C=O) groups is 2. The molecule has 0 atom stereocenters. The predicted molar refractivity (Wildman–Crippen MR) is 109 cm³/mol. The van der Waals surface area contributed by atoms with E-state index in [9.17, 15) is 9.59 Å². The zero-order valence-electron chi connectivity index (χ0n) is 16.8. The molecule has 2 saturated heterocycles. The predicted octanol–water partition coefficient (Wildman–Crippen LogP) is 2.01. The third kappa shape index (κ3) is 3.22. The Balaban J connectivity index is 1.60. The largest absolute Gasteiger partial charge is 0.396 e. The number of likely N-dealkylation sites (tertiary alicyclic amines) is 2. The molecule has 28 heavy (non-hydrogen) atoms. The van der Waals surface area contributed by atoms with E-state index in [1.165, 1.54) is 6.42 Å². The topological polar surface area (TPSA) is 64.1 Å². The molecule has 2 fully saturated rings. The second-order valence-electron chi connectivity index (χ2n) is 8.45. The van der Waals surface area contributed by atoms with Crippen molar-refractivity contribution >= 4 is 17.5 Å². The van der Waals surface area contributed by atoms with Crippen LogP contribution in [0.1, 0.15) is 54.4 Å². The fourth-order valence-corrected chi connectivity index (χ4v) is 5.11. The molecule has 1 aromatic rings. The van der Waals surface area contributed by atoms with E-state index in [0.717, 1.165) is 76.1 Å². The van der Waals surface area contributed by atoms with Gasteiger partial charge in [-0.3, -0.25) is 9.59 Å². The Bertz CT molecular complexity index is 749. The van der Waals surface area contributed by atoms with Gasteiger partial charge in [0.1, 0.15) is 0 Å². The number of hydrogen-bond donors (Lipinski definition) is 1. The summed E-state index contributed by atoms with van der Waals surface area (Å²) in [7, 11) is 1.85. The fraction of sp³-hybridized carbons (Fsp3) is 0.636. The molecule has 2 amide bonds. The Labute approximate surface area is 167 Å². The lowest BCUT2D eigenvalue weighted by atomic mass is 9.73. The summed E-state index contributed by atoms with van der Waals surface area (Å²) in [5.74, 6) is 0.256. The summed E-state index contributed by atoms with van der Waals surface area (Å²) >= 11 is 0. The third-order valence-electron chi connectivity index (χ3n) is 6.82. The molecule has 0 unspecified atom stereocenters. The molecule has 3 aliphatic rings. The molecule has 0 bridgehead atoms. The van der Waals surface area contributed by atoms with Crippen LogP contribution in [0.4, 0.5) is 5.69 Å². The molecule has 3 heterocycles. The molecule has 0 aliphatic carbocycles. The van der Waals surface area contributed by atoms with Crippen molar-refractivity contribution in [2.24, 2.45) is 0 Å². The molecule has 152 valence electrons. The molecular formula is C22H31N3O3. The van der Waals surface area contributed by atoms with E-state index in [1.54, 1.807) is 4.90 Å². The molecule has 1 N–H and O–H groups in total. The van der Waals surface area contributed by atoms with E-state index in [0.29, 0.717) is 5.56 Å². The maximum Gasteiger partial charge on any atom is 0.253 e. The number of aliphatic hydroxyl groups excluding tert-OH is 1. The summed E-state index contributed by atoms with van der Waals surface area (Å²) in [6.45, 7) is 4.44. The smallest absolute Gasteiger partial charge is 0.253 e. The lowest BCUT2D eigenvalue weighted by Crippen LogP contribution is -2.48. The average molecular weight is 386 g/mol. The highest BCUT2D eigenvalue weighted by atomic mass is 16.3. The van der Waals surface area contributed by atoms with Gasteiger partial charge in [0.2, 0.25) is 5.91 Å². The molecule has 6 heteroatoms. The quantitative estimate of drug-likeness (QED) is 0.861. The van der Waals surface area contributed by atoms with E-state index < -0.39 is 5.41 Å². The Hall–Kier alpha value is -1.92. The molecular weight excluding hydrogens is 354 g/mol. The van der Waals surface area contributed by atoms with Crippen molar-refractivity contribution in [2.75, 3.05) is 51.3 Å². The van der Waals surface area contributed by atoms with E-state index in [1.807, 2.05) is 30.1 Å². The van der Waals surface area contributed by atoms with Crippen LogP contribution in [-0.4, -0.2) is 73.1 Å². The SMILES string of the molecule is CN1C(=O)C2(CCN(CCCO)CC2)c2cc(C(=O)N3CCCCC3)ccc21. The lowest BCUT2D eigenvalue weighted by molar-refractivity contribution is -0.124. The van der Waals surface area contributed by atoms with Gasteiger partial charge in [-0.05, 0) is 75.4 Å². The monoisotopic (exact) mass is 385 g/mol. The second-order valence-corrected chi connectivity index (χ2v) is 8.45. The van der Waals surface area contributed by atoms with Crippen molar-refractivity contribution in [1.82, 2.24) is 9.80 Å². The third-order valence-corrected chi connectivity index (χ3v) is 6.82. The van der Waals surface area contributed by atoms with Gasteiger partial charge >= 0.3 is 0 Å². The van der Waals surface area contributed by atoms with Gasteiger partial charge in [-0.15, -0.1) is 0 Å². The lowest BCUT2D eigenvalue weighted by Gasteiger charge is -2.38. The number of hydrogen-bond acceptors (Lipinski definition) is 4. The van der Waals surface area contributed by atoms with Crippen molar-refractivity contribution in [1.29, 1.82) is 0 Å². The van der Waals surface area contributed by atoms with Gasteiger partial charge in [-0.1, -0.05) is 0 Å². The van der Waals surface area contributed by atoms with Gasteiger partial charge in [0, 0.05) is 44.5 Å². The van der Waals surface area contributed by atoms with E-state index in [-0.39, 0.29) is 18.4 Å². The van der Waals surface area contributed by atoms with Crippen LogP contribution in [0.3, 0.4) is 0 Å². The first-order valence-electron chi connectivity index (χ1n) is 10.6. The normalized spacial score (nSPS) is 22.0. The highest BCUT2D eigenvalue weighted by Crippen LogP contribution is 2.47. The van der Waals surface area contributed by atoms with Gasteiger partial charge in [0.25, 0.3) is 5.91 Å². The number of likely N-dealkylation sites (N-methyl/N-ethyl adjacent to an activating group) is 1. The first-order chi connectivity index (χ1) is 13.6. The molecule has 0 radical (unpaired) electrons. The van der Waals surface area contributed by atoms with Crippen LogP contribution >= 0.6 is 0 Å². The van der Waals surface area contributed by atoms with Gasteiger partial charge in [0.05, 0.1) is 5.41 Å². The molecule has 3 aliphatic heterocycles. The van der Waals surface area contributed by atoms with Gasteiger partial charge in [-0.25, -0.2) is 0 Å². The minimum Gasteiger partial charge on any atom is -0.396 e. The number of nitrogens with zero attached hydrogens (tertiary/aromatic N) is 3. The Morgan fingerprint density at radius 2 is 1.82 bits per heavy atom. The zero-order chi connectivity index (χ0) is 19.7. The van der Waals surface area contributed by atoms with Crippen molar-refractivity contribution in [2.45, 2.75) is 43.9 Å². The van der Waals surface area contributed by atoms with Crippen molar-refractivity contribution in [3.05, 3.63) is 29.3 Å². The zero-order valence-corrected chi connectivity index (χ0v) is 16.8. The number of amides is 2. The molecule has 1 aromatic carbocycles. The Morgan fingerprint density at radius 3 is 2.50 bits per heavy atom. The molecule has 1 spiro atoms. The summed E-state index contributed by atoms with van der Waals surface area (Å²) in [6.07, 6.45) is 5.66. The second kappa shape index (κ2) is 7.84. The van der Waals surface area contributed by atoms with Crippen LogP contribution in [0.15, 0.2) is 18.2 Å². The summed E-state index contributed by atoms with van der Waals surface area (Å²) < 4.78 is 0. The first kappa shape index (κ1) is 19.4. The minimum atomic E-state index is -0.502. The number of rotatable bonds is 4. The number of fused-ring (bicyclic) bond motifs is 2. The summed E-state index contributed by atoms with van der Waals surface area (Å²) in [5.41, 5.74) is 2.19. The average Bonchev–Trinajstić information content (AvgIpc) is 2.95. The number of benzene rings is 1. The van der Waals surface area contributed by atoms with E-state index in [2.05, 4.69) is 4.90 Å². The van der Waals surface area contributed by atoms with Crippen LogP contribution in [-0.2, 0) is 10.2 Å². The fourth-order valence-electron chi connectivity index (χ4n) is 5.11. The Morgan fingerprint density at radius 1 is 1.11 bits per heavy atom.